The van der Waals surface area contributed by atoms with Gasteiger partial charge in [0.1, 0.15) is 0 Å². The Morgan fingerprint density at radius 1 is 1.35 bits per heavy atom. The molecule has 1 aromatic carbocycles. The van der Waals surface area contributed by atoms with Gasteiger partial charge in [-0.25, -0.2) is 0 Å². The zero-order chi connectivity index (χ0) is 12.3. The van der Waals surface area contributed by atoms with Crippen LogP contribution in [0.1, 0.15) is 0 Å². The summed E-state index contributed by atoms with van der Waals surface area (Å²) >= 11 is 0. The number of likely N-dealkylation sites (N-methyl/N-ethyl adjacent to an activating group) is 1. The van der Waals surface area contributed by atoms with Crippen molar-refractivity contribution in [2.24, 2.45) is 0 Å². The Balaban J connectivity index is 1.87. The molecule has 5 nitrogen and oxygen atoms in total. The standard InChI is InChI=1S/C12H18N2O3/c1-14(2)7-10(15)6-13-9-3-4-11-12(5-9)17-8-16-11/h3-5,10,13,15H,6-8H2,1-2H3. The molecular formula is C12H18N2O3. The molecular weight excluding hydrogens is 220 g/mol. The molecule has 0 fully saturated rings. The van der Waals surface area contributed by atoms with Crippen LogP contribution in [0, 0.1) is 0 Å². The van der Waals surface area contributed by atoms with Crippen LogP contribution in [0.2, 0.25) is 0 Å². The Hall–Kier alpha value is -1.46. The lowest BCUT2D eigenvalue weighted by molar-refractivity contribution is 0.148. The van der Waals surface area contributed by atoms with Gasteiger partial charge in [-0.15, -0.1) is 0 Å². The van der Waals surface area contributed by atoms with E-state index in [0.29, 0.717) is 13.1 Å². The fraction of sp³-hybridized carbons (Fsp3) is 0.500. The second kappa shape index (κ2) is 5.25. The molecule has 1 aliphatic rings. The summed E-state index contributed by atoms with van der Waals surface area (Å²) in [5, 5.41) is 12.9. The molecule has 0 spiro atoms. The highest BCUT2D eigenvalue weighted by atomic mass is 16.7. The van der Waals surface area contributed by atoms with Gasteiger partial charge in [-0.3, -0.25) is 0 Å². The minimum atomic E-state index is -0.393. The van der Waals surface area contributed by atoms with Crippen LogP contribution in [-0.2, 0) is 0 Å². The van der Waals surface area contributed by atoms with Crippen LogP contribution >= 0.6 is 0 Å². The van der Waals surface area contributed by atoms with Crippen molar-refractivity contribution in [3.8, 4) is 11.5 Å². The first-order valence-corrected chi connectivity index (χ1v) is 5.61. The van der Waals surface area contributed by atoms with Crippen LogP contribution in [0.5, 0.6) is 11.5 Å². The predicted octanol–water partition coefficient (Wildman–Crippen LogP) is 0.750. The zero-order valence-corrected chi connectivity index (χ0v) is 10.1. The van der Waals surface area contributed by atoms with Gasteiger partial charge in [0.15, 0.2) is 11.5 Å². The van der Waals surface area contributed by atoms with E-state index in [2.05, 4.69) is 5.32 Å². The molecule has 2 N–H and O–H groups in total. The number of nitrogens with zero attached hydrogens (tertiary/aromatic N) is 1. The van der Waals surface area contributed by atoms with Gasteiger partial charge in [0.25, 0.3) is 0 Å². The van der Waals surface area contributed by atoms with Crippen molar-refractivity contribution in [3.05, 3.63) is 18.2 Å². The van der Waals surface area contributed by atoms with Crippen molar-refractivity contribution in [3.63, 3.8) is 0 Å². The highest BCUT2D eigenvalue weighted by Crippen LogP contribution is 2.34. The predicted molar refractivity (Wildman–Crippen MR) is 65.6 cm³/mol. The average Bonchev–Trinajstić information content (AvgIpc) is 2.72. The summed E-state index contributed by atoms with van der Waals surface area (Å²) < 4.78 is 10.5. The van der Waals surface area contributed by atoms with Crippen molar-refractivity contribution in [2.45, 2.75) is 6.10 Å². The molecule has 1 aliphatic heterocycles. The largest absolute Gasteiger partial charge is 0.454 e. The molecule has 1 aromatic rings. The first-order valence-electron chi connectivity index (χ1n) is 5.61. The Morgan fingerprint density at radius 3 is 2.88 bits per heavy atom. The number of aliphatic hydroxyl groups is 1. The summed E-state index contributed by atoms with van der Waals surface area (Å²) in [5.41, 5.74) is 0.923. The van der Waals surface area contributed by atoms with E-state index >= 15 is 0 Å². The zero-order valence-electron chi connectivity index (χ0n) is 10.1. The van der Waals surface area contributed by atoms with E-state index in [1.807, 2.05) is 37.2 Å². The molecule has 5 heteroatoms. The summed E-state index contributed by atoms with van der Waals surface area (Å²) in [6.07, 6.45) is -0.393. The Morgan fingerprint density at radius 2 is 2.12 bits per heavy atom. The summed E-state index contributed by atoms with van der Waals surface area (Å²) in [4.78, 5) is 1.95. The van der Waals surface area contributed by atoms with Crippen molar-refractivity contribution in [1.82, 2.24) is 4.90 Å². The summed E-state index contributed by atoms with van der Waals surface area (Å²) in [6.45, 7) is 1.43. The van der Waals surface area contributed by atoms with Crippen molar-refractivity contribution < 1.29 is 14.6 Å². The molecule has 1 unspecified atom stereocenters. The molecule has 0 aromatic heterocycles. The van der Waals surface area contributed by atoms with E-state index < -0.39 is 6.10 Å². The molecule has 2 rings (SSSR count). The number of benzene rings is 1. The fourth-order valence-corrected chi connectivity index (χ4v) is 1.73. The van der Waals surface area contributed by atoms with Crippen molar-refractivity contribution in [1.29, 1.82) is 0 Å². The maximum Gasteiger partial charge on any atom is 0.231 e. The Labute approximate surface area is 101 Å². The SMILES string of the molecule is CN(C)CC(O)CNc1ccc2c(c1)OCO2. The number of hydrogen-bond donors (Lipinski definition) is 2. The van der Waals surface area contributed by atoms with Gasteiger partial charge in [-0.2, -0.15) is 0 Å². The minimum absolute atomic E-state index is 0.280. The fourth-order valence-electron chi connectivity index (χ4n) is 1.73. The first kappa shape index (κ1) is 12.0. The van der Waals surface area contributed by atoms with Gasteiger partial charge >= 0.3 is 0 Å². The van der Waals surface area contributed by atoms with Crippen LogP contribution in [0.4, 0.5) is 5.69 Å². The molecule has 0 saturated carbocycles. The maximum atomic E-state index is 9.71. The third kappa shape index (κ3) is 3.25. The summed E-state index contributed by atoms with van der Waals surface area (Å²) in [5.74, 6) is 1.52. The summed E-state index contributed by atoms with van der Waals surface area (Å²) in [6, 6.07) is 5.66. The summed E-state index contributed by atoms with van der Waals surface area (Å²) in [7, 11) is 3.87. The lowest BCUT2D eigenvalue weighted by Gasteiger charge is -2.17. The van der Waals surface area contributed by atoms with Crippen molar-refractivity contribution >= 4 is 5.69 Å². The van der Waals surface area contributed by atoms with E-state index in [4.69, 9.17) is 9.47 Å². The van der Waals surface area contributed by atoms with E-state index in [0.717, 1.165) is 17.2 Å². The number of hydrogen-bond acceptors (Lipinski definition) is 5. The minimum Gasteiger partial charge on any atom is -0.454 e. The van der Waals surface area contributed by atoms with Gasteiger partial charge in [-0.05, 0) is 26.2 Å². The molecule has 0 saturated heterocycles. The van der Waals surface area contributed by atoms with Gasteiger partial charge in [-0.1, -0.05) is 0 Å². The molecule has 94 valence electrons. The van der Waals surface area contributed by atoms with Gasteiger partial charge in [0, 0.05) is 24.8 Å². The quantitative estimate of drug-likeness (QED) is 0.793. The third-order valence-corrected chi connectivity index (χ3v) is 2.49. The molecule has 17 heavy (non-hydrogen) atoms. The number of aliphatic hydroxyl groups excluding tert-OH is 1. The van der Waals surface area contributed by atoms with Crippen LogP contribution in [0.15, 0.2) is 18.2 Å². The maximum absolute atomic E-state index is 9.71. The van der Waals surface area contributed by atoms with E-state index in [9.17, 15) is 5.11 Å². The first-order chi connectivity index (χ1) is 8.15. The lowest BCUT2D eigenvalue weighted by Crippen LogP contribution is -2.31. The van der Waals surface area contributed by atoms with Crippen LogP contribution in [-0.4, -0.2) is 50.1 Å². The molecule has 0 aliphatic carbocycles. The Bertz CT molecular complexity index is 382. The number of fused-ring (bicyclic) bond motifs is 1. The average molecular weight is 238 g/mol. The molecule has 0 bridgehead atoms. The van der Waals surface area contributed by atoms with Crippen LogP contribution in [0.3, 0.4) is 0 Å². The topological polar surface area (TPSA) is 54.0 Å². The number of ether oxygens (including phenoxy) is 2. The highest BCUT2D eigenvalue weighted by Gasteiger charge is 2.13. The molecule has 0 amide bonds. The number of rotatable bonds is 5. The second-order valence-electron chi connectivity index (χ2n) is 4.37. The smallest absolute Gasteiger partial charge is 0.231 e. The normalized spacial score (nSPS) is 15.1. The third-order valence-electron chi connectivity index (χ3n) is 2.49. The second-order valence-corrected chi connectivity index (χ2v) is 4.37. The monoisotopic (exact) mass is 238 g/mol. The van der Waals surface area contributed by atoms with Crippen LogP contribution < -0.4 is 14.8 Å². The van der Waals surface area contributed by atoms with Crippen molar-refractivity contribution in [2.75, 3.05) is 39.3 Å². The molecule has 0 radical (unpaired) electrons. The van der Waals surface area contributed by atoms with E-state index in [1.54, 1.807) is 0 Å². The van der Waals surface area contributed by atoms with E-state index in [-0.39, 0.29) is 6.79 Å². The highest BCUT2D eigenvalue weighted by molar-refractivity contribution is 5.55. The Kier molecular flexibility index (Phi) is 3.71. The van der Waals surface area contributed by atoms with Gasteiger partial charge in [0.2, 0.25) is 6.79 Å². The van der Waals surface area contributed by atoms with Gasteiger partial charge in [0.05, 0.1) is 6.10 Å². The van der Waals surface area contributed by atoms with Gasteiger partial charge < -0.3 is 24.8 Å². The number of anilines is 1. The van der Waals surface area contributed by atoms with E-state index in [1.165, 1.54) is 0 Å². The molecule has 1 heterocycles. The van der Waals surface area contributed by atoms with Crippen LogP contribution in [0.25, 0.3) is 0 Å². The molecule has 1 atom stereocenters. The lowest BCUT2D eigenvalue weighted by atomic mass is 10.2. The number of nitrogens with one attached hydrogen (secondary N) is 1.